The summed E-state index contributed by atoms with van der Waals surface area (Å²) in [4.78, 5) is 6.28. The minimum absolute atomic E-state index is 0.129. The van der Waals surface area contributed by atoms with Crippen LogP contribution >= 0.6 is 0 Å². The lowest BCUT2D eigenvalue weighted by Crippen LogP contribution is -2.28. The molecule has 2 aromatic rings. The van der Waals surface area contributed by atoms with Crippen LogP contribution in [0.3, 0.4) is 0 Å². The largest absolute Gasteiger partial charge is 0.496 e. The molecule has 0 fully saturated rings. The van der Waals surface area contributed by atoms with Gasteiger partial charge in [0.1, 0.15) is 11.6 Å². The molecule has 21 heavy (non-hydrogen) atoms. The van der Waals surface area contributed by atoms with Gasteiger partial charge in [0.05, 0.1) is 13.2 Å². The Morgan fingerprint density at radius 3 is 2.95 bits per heavy atom. The van der Waals surface area contributed by atoms with E-state index in [-0.39, 0.29) is 11.9 Å². The van der Waals surface area contributed by atoms with Crippen LogP contribution in [0.25, 0.3) is 0 Å². The van der Waals surface area contributed by atoms with Crippen LogP contribution in [-0.4, -0.2) is 23.5 Å². The molecule has 0 saturated carbocycles. The molecule has 1 aromatic heterocycles. The van der Waals surface area contributed by atoms with Gasteiger partial charge in [-0.15, -0.1) is 0 Å². The standard InChI is InChI=1S/C16H18FN3O/c1-21-15-5-4-13(17)16-12(15)10-20(14(16)7-18)9-11-3-2-6-19-8-11/h2-6,8,14H,7,9-10,18H2,1H3. The van der Waals surface area contributed by atoms with E-state index in [0.29, 0.717) is 25.2 Å². The summed E-state index contributed by atoms with van der Waals surface area (Å²) in [5, 5.41) is 0. The summed E-state index contributed by atoms with van der Waals surface area (Å²) in [5.41, 5.74) is 8.54. The molecule has 0 radical (unpaired) electrons. The summed E-state index contributed by atoms with van der Waals surface area (Å²) in [7, 11) is 1.61. The monoisotopic (exact) mass is 287 g/mol. The molecule has 0 spiro atoms. The lowest BCUT2D eigenvalue weighted by Gasteiger charge is -2.23. The van der Waals surface area contributed by atoms with Crippen molar-refractivity contribution in [2.24, 2.45) is 5.73 Å². The highest BCUT2D eigenvalue weighted by Crippen LogP contribution is 2.40. The van der Waals surface area contributed by atoms with Crippen LogP contribution in [0.15, 0.2) is 36.7 Å². The Kier molecular flexibility index (Phi) is 3.86. The Balaban J connectivity index is 1.94. The number of halogens is 1. The Morgan fingerprint density at radius 2 is 2.29 bits per heavy atom. The number of nitrogens with zero attached hydrogens (tertiary/aromatic N) is 2. The van der Waals surface area contributed by atoms with Gasteiger partial charge in [-0.3, -0.25) is 9.88 Å². The number of rotatable bonds is 4. The molecule has 110 valence electrons. The number of hydrogen-bond donors (Lipinski definition) is 1. The van der Waals surface area contributed by atoms with Gasteiger partial charge in [0, 0.05) is 43.2 Å². The lowest BCUT2D eigenvalue weighted by atomic mass is 10.0. The molecule has 0 amide bonds. The fraction of sp³-hybridized carbons (Fsp3) is 0.312. The van der Waals surface area contributed by atoms with Crippen molar-refractivity contribution in [2.45, 2.75) is 19.1 Å². The van der Waals surface area contributed by atoms with Crippen LogP contribution in [0.5, 0.6) is 5.75 Å². The third-order valence-electron chi connectivity index (χ3n) is 3.95. The molecule has 5 heteroatoms. The maximum atomic E-state index is 14.2. The molecule has 2 heterocycles. The maximum Gasteiger partial charge on any atom is 0.128 e. The number of pyridine rings is 1. The van der Waals surface area contributed by atoms with Crippen molar-refractivity contribution in [1.29, 1.82) is 0 Å². The van der Waals surface area contributed by atoms with Crippen molar-refractivity contribution in [2.75, 3.05) is 13.7 Å². The van der Waals surface area contributed by atoms with E-state index >= 15 is 0 Å². The first kappa shape index (κ1) is 14.0. The van der Waals surface area contributed by atoms with Crippen molar-refractivity contribution in [3.8, 4) is 5.75 Å². The lowest BCUT2D eigenvalue weighted by molar-refractivity contribution is 0.207. The molecule has 0 aliphatic carbocycles. The second-order valence-corrected chi connectivity index (χ2v) is 5.16. The van der Waals surface area contributed by atoms with Gasteiger partial charge in [-0.05, 0) is 23.8 Å². The van der Waals surface area contributed by atoms with Crippen LogP contribution < -0.4 is 10.5 Å². The van der Waals surface area contributed by atoms with Gasteiger partial charge in [0.2, 0.25) is 0 Å². The van der Waals surface area contributed by atoms with E-state index < -0.39 is 0 Å². The van der Waals surface area contributed by atoms with Crippen molar-refractivity contribution in [3.63, 3.8) is 0 Å². The third kappa shape index (κ3) is 2.50. The van der Waals surface area contributed by atoms with Crippen LogP contribution in [0, 0.1) is 5.82 Å². The smallest absolute Gasteiger partial charge is 0.128 e. The molecule has 0 bridgehead atoms. The van der Waals surface area contributed by atoms with Crippen LogP contribution in [0.2, 0.25) is 0 Å². The summed E-state index contributed by atoms with van der Waals surface area (Å²) in [6.45, 7) is 1.69. The Hall–Kier alpha value is -1.98. The number of hydrogen-bond acceptors (Lipinski definition) is 4. The Labute approximate surface area is 123 Å². The zero-order chi connectivity index (χ0) is 14.8. The van der Waals surface area contributed by atoms with Gasteiger partial charge in [-0.25, -0.2) is 4.39 Å². The van der Waals surface area contributed by atoms with E-state index in [0.717, 1.165) is 16.9 Å². The SMILES string of the molecule is COc1ccc(F)c2c1CN(Cc1cccnc1)C2CN. The number of fused-ring (bicyclic) bond motifs is 1. The molecular formula is C16H18FN3O. The quantitative estimate of drug-likeness (QED) is 0.937. The Morgan fingerprint density at radius 1 is 1.43 bits per heavy atom. The number of methoxy groups -OCH3 is 1. The number of benzene rings is 1. The van der Waals surface area contributed by atoms with Gasteiger partial charge in [-0.2, -0.15) is 0 Å². The zero-order valence-corrected chi connectivity index (χ0v) is 11.9. The maximum absolute atomic E-state index is 14.2. The van der Waals surface area contributed by atoms with Gasteiger partial charge >= 0.3 is 0 Å². The average molecular weight is 287 g/mol. The van der Waals surface area contributed by atoms with E-state index in [4.69, 9.17) is 10.5 Å². The molecule has 1 atom stereocenters. The van der Waals surface area contributed by atoms with E-state index in [1.54, 1.807) is 19.4 Å². The van der Waals surface area contributed by atoms with Gasteiger partial charge in [0.15, 0.2) is 0 Å². The van der Waals surface area contributed by atoms with Crippen molar-refractivity contribution in [1.82, 2.24) is 9.88 Å². The summed E-state index contributed by atoms with van der Waals surface area (Å²) in [5.74, 6) is 0.508. The molecule has 3 rings (SSSR count). The van der Waals surface area contributed by atoms with Crippen molar-refractivity contribution >= 4 is 0 Å². The van der Waals surface area contributed by atoms with E-state index in [1.165, 1.54) is 6.07 Å². The summed E-state index contributed by atoms with van der Waals surface area (Å²) >= 11 is 0. The fourth-order valence-corrected chi connectivity index (χ4v) is 2.99. The van der Waals surface area contributed by atoms with Gasteiger partial charge < -0.3 is 10.5 Å². The first-order valence-corrected chi connectivity index (χ1v) is 6.93. The van der Waals surface area contributed by atoms with Gasteiger partial charge in [-0.1, -0.05) is 6.07 Å². The Bertz CT molecular complexity index is 633. The number of aromatic nitrogens is 1. The zero-order valence-electron chi connectivity index (χ0n) is 11.9. The van der Waals surface area contributed by atoms with Crippen LogP contribution in [-0.2, 0) is 13.1 Å². The molecular weight excluding hydrogens is 269 g/mol. The predicted octanol–water partition coefficient (Wildman–Crippen LogP) is 2.24. The first-order valence-electron chi connectivity index (χ1n) is 6.93. The fourth-order valence-electron chi connectivity index (χ4n) is 2.99. The minimum Gasteiger partial charge on any atom is -0.496 e. The molecule has 0 saturated heterocycles. The molecule has 4 nitrogen and oxygen atoms in total. The highest BCUT2D eigenvalue weighted by atomic mass is 19.1. The second kappa shape index (κ2) is 5.79. The van der Waals surface area contributed by atoms with E-state index in [9.17, 15) is 4.39 Å². The summed E-state index contributed by atoms with van der Waals surface area (Å²) in [6, 6.07) is 6.91. The van der Waals surface area contributed by atoms with Gasteiger partial charge in [0.25, 0.3) is 0 Å². The van der Waals surface area contributed by atoms with Crippen molar-refractivity contribution < 1.29 is 9.13 Å². The second-order valence-electron chi connectivity index (χ2n) is 5.16. The molecule has 1 aromatic carbocycles. The molecule has 1 aliphatic heterocycles. The molecule has 1 unspecified atom stereocenters. The highest BCUT2D eigenvalue weighted by Gasteiger charge is 2.34. The van der Waals surface area contributed by atoms with Crippen molar-refractivity contribution in [3.05, 3.63) is 59.2 Å². The van der Waals surface area contributed by atoms with Crippen LogP contribution in [0.1, 0.15) is 22.7 Å². The normalized spacial score (nSPS) is 17.8. The topological polar surface area (TPSA) is 51.4 Å². The minimum atomic E-state index is -0.213. The first-order chi connectivity index (χ1) is 10.2. The summed E-state index contributed by atoms with van der Waals surface area (Å²) in [6.07, 6.45) is 3.56. The molecule has 1 aliphatic rings. The third-order valence-corrected chi connectivity index (χ3v) is 3.95. The number of ether oxygens (including phenoxy) is 1. The average Bonchev–Trinajstić information content (AvgIpc) is 2.88. The molecule has 2 N–H and O–H groups in total. The van der Waals surface area contributed by atoms with E-state index in [2.05, 4.69) is 9.88 Å². The predicted molar refractivity (Wildman–Crippen MR) is 78.2 cm³/mol. The summed E-state index contributed by atoms with van der Waals surface area (Å²) < 4.78 is 19.6. The number of nitrogens with two attached hydrogens (primary N) is 1. The van der Waals surface area contributed by atoms with Crippen LogP contribution in [0.4, 0.5) is 4.39 Å². The van der Waals surface area contributed by atoms with E-state index in [1.807, 2.05) is 18.3 Å². The highest BCUT2D eigenvalue weighted by molar-refractivity contribution is 5.46.